The average Bonchev–Trinajstić information content (AvgIpc) is 3.63. The molecule has 1 aliphatic carbocycles. The normalized spacial score (nSPS) is 17.8. The van der Waals surface area contributed by atoms with E-state index in [4.69, 9.17) is 10.5 Å². The van der Waals surface area contributed by atoms with Gasteiger partial charge >= 0.3 is 6.18 Å². The molecule has 204 valence electrons. The van der Waals surface area contributed by atoms with Gasteiger partial charge in [-0.3, -0.25) is 15.1 Å². The van der Waals surface area contributed by atoms with E-state index in [-0.39, 0.29) is 34.1 Å². The number of aliphatic hydroxyl groups excluding tert-OH is 1. The molecule has 1 atom stereocenters. The number of aromatic nitrogens is 2. The molecule has 1 unspecified atom stereocenters. The van der Waals surface area contributed by atoms with Crippen LogP contribution in [0.4, 0.5) is 18.3 Å². The fraction of sp³-hybridized carbons (Fsp3) is 0.308. The zero-order valence-electron chi connectivity index (χ0n) is 21.0. The second kappa shape index (κ2) is 11.7. The number of allylic oxidation sites excluding steroid dienone is 1. The molecule has 1 saturated carbocycles. The van der Waals surface area contributed by atoms with Crippen molar-refractivity contribution in [2.45, 2.75) is 25.2 Å². The number of nitrogens with two attached hydrogens (primary N) is 1. The Bertz CT molecular complexity index is 1430. The van der Waals surface area contributed by atoms with Gasteiger partial charge in [-0.05, 0) is 49.1 Å². The van der Waals surface area contributed by atoms with E-state index in [2.05, 4.69) is 32.3 Å². The first-order valence-electron chi connectivity index (χ1n) is 11.8. The van der Waals surface area contributed by atoms with Crippen LogP contribution in [0.3, 0.4) is 0 Å². The number of benzene rings is 1. The average molecular weight is 559 g/mol. The van der Waals surface area contributed by atoms with Crippen LogP contribution in [0.1, 0.15) is 29.0 Å². The van der Waals surface area contributed by atoms with E-state index < -0.39 is 23.9 Å². The monoisotopic (exact) mass is 558 g/mol. The molecule has 1 fully saturated rings. The van der Waals surface area contributed by atoms with Gasteiger partial charge in [-0.1, -0.05) is 17.3 Å². The second-order valence-corrected chi connectivity index (χ2v) is 9.66. The Labute approximate surface area is 226 Å². The first-order chi connectivity index (χ1) is 18.6. The van der Waals surface area contributed by atoms with Crippen LogP contribution in [0.15, 0.2) is 52.8 Å². The predicted octanol–water partition coefficient (Wildman–Crippen LogP) is 3.41. The zero-order valence-corrected chi connectivity index (χ0v) is 21.8. The standard InChI is InChI=1S/C26H25F3N6O3S/c1-31-10-9-17(30)13-35-14-20(18-11-16(26(27,28)29)6-7-21(18)38-2)19(12-23(35)36)24(37)32-25-34-33-22(39-25)8-5-15-3-4-15/h6-7,9-12,14-15,23,36H,3-4,13,30H2,1-2H3,(H,32,34,37)/b17-9-,31-10?. The zero-order chi connectivity index (χ0) is 28.2. The Morgan fingerprint density at radius 2 is 2.15 bits per heavy atom. The molecule has 0 saturated heterocycles. The van der Waals surface area contributed by atoms with Crippen molar-refractivity contribution in [1.82, 2.24) is 15.1 Å². The summed E-state index contributed by atoms with van der Waals surface area (Å²) >= 11 is 1.07. The molecule has 0 spiro atoms. The molecular weight excluding hydrogens is 533 g/mol. The van der Waals surface area contributed by atoms with Crippen LogP contribution < -0.4 is 15.8 Å². The first kappa shape index (κ1) is 27.9. The molecule has 13 heteroatoms. The smallest absolute Gasteiger partial charge is 0.416 e. The molecule has 9 nitrogen and oxygen atoms in total. The minimum atomic E-state index is -4.64. The van der Waals surface area contributed by atoms with Gasteiger partial charge in [-0.25, -0.2) is 0 Å². The number of amides is 1. The predicted molar refractivity (Wildman–Crippen MR) is 142 cm³/mol. The highest BCUT2D eigenvalue weighted by Crippen LogP contribution is 2.39. The van der Waals surface area contributed by atoms with Gasteiger partial charge in [0, 0.05) is 47.8 Å². The Kier molecular flexibility index (Phi) is 8.37. The van der Waals surface area contributed by atoms with Crippen molar-refractivity contribution in [3.63, 3.8) is 0 Å². The third kappa shape index (κ3) is 7.04. The molecule has 0 radical (unpaired) electrons. The lowest BCUT2D eigenvalue weighted by Crippen LogP contribution is -2.36. The number of hydrogen-bond donors (Lipinski definition) is 3. The molecule has 2 aromatic rings. The van der Waals surface area contributed by atoms with Crippen LogP contribution in [0.5, 0.6) is 5.75 Å². The van der Waals surface area contributed by atoms with Crippen LogP contribution in [-0.2, 0) is 11.0 Å². The quantitative estimate of drug-likeness (QED) is 0.351. The van der Waals surface area contributed by atoms with Gasteiger partial charge in [0.1, 0.15) is 12.0 Å². The topological polar surface area (TPSA) is 126 Å². The minimum Gasteiger partial charge on any atom is -0.496 e. The maximum atomic E-state index is 13.6. The molecule has 2 aliphatic rings. The second-order valence-electron chi connectivity index (χ2n) is 8.68. The van der Waals surface area contributed by atoms with Crippen LogP contribution in [0.2, 0.25) is 0 Å². The highest BCUT2D eigenvalue weighted by atomic mass is 32.1. The van der Waals surface area contributed by atoms with Crippen molar-refractivity contribution in [2.75, 3.05) is 26.0 Å². The lowest BCUT2D eigenvalue weighted by molar-refractivity contribution is -0.137. The van der Waals surface area contributed by atoms with Crippen molar-refractivity contribution >= 4 is 34.2 Å². The number of methoxy groups -OCH3 is 1. The summed E-state index contributed by atoms with van der Waals surface area (Å²) in [4.78, 5) is 18.6. The van der Waals surface area contributed by atoms with Gasteiger partial charge in [0.05, 0.1) is 19.2 Å². The fourth-order valence-electron chi connectivity index (χ4n) is 3.61. The number of carbonyl (C=O) groups is 1. The molecule has 1 amide bonds. The third-order valence-electron chi connectivity index (χ3n) is 5.71. The summed E-state index contributed by atoms with van der Waals surface area (Å²) in [6, 6.07) is 2.95. The number of rotatable bonds is 7. The van der Waals surface area contributed by atoms with E-state index in [0.29, 0.717) is 16.6 Å². The number of hydrogen-bond acceptors (Lipinski definition) is 9. The number of carbonyl (C=O) groups excluding carboxylic acids is 1. The number of ether oxygens (including phenoxy) is 1. The summed E-state index contributed by atoms with van der Waals surface area (Å²) in [7, 11) is 2.87. The van der Waals surface area contributed by atoms with Gasteiger partial charge in [-0.15, -0.1) is 10.2 Å². The van der Waals surface area contributed by atoms with Crippen molar-refractivity contribution in [3.05, 3.63) is 64.0 Å². The summed E-state index contributed by atoms with van der Waals surface area (Å²) in [6.45, 7) is 0.00276. The van der Waals surface area contributed by atoms with Crippen molar-refractivity contribution < 1.29 is 27.8 Å². The van der Waals surface area contributed by atoms with E-state index in [1.54, 1.807) is 7.05 Å². The maximum absolute atomic E-state index is 13.6. The largest absolute Gasteiger partial charge is 0.496 e. The highest BCUT2D eigenvalue weighted by Gasteiger charge is 2.34. The van der Waals surface area contributed by atoms with Gasteiger partial charge in [-0.2, -0.15) is 13.2 Å². The SMILES string of the molecule is CN=C/C=C(\N)CN1C=C(c2cc(C(F)(F)F)ccc2OC)C(C(=O)Nc2nnc(C#CC3CC3)s2)=CC1O. The Balaban J connectivity index is 1.71. The fourth-order valence-corrected chi connectivity index (χ4v) is 4.21. The van der Waals surface area contributed by atoms with E-state index in [1.807, 2.05) is 0 Å². The molecule has 4 N–H and O–H groups in total. The van der Waals surface area contributed by atoms with Crippen molar-refractivity contribution in [3.8, 4) is 17.6 Å². The summed E-state index contributed by atoms with van der Waals surface area (Å²) in [6.07, 6.45) is 1.72. The van der Waals surface area contributed by atoms with Gasteiger partial charge in [0.2, 0.25) is 5.13 Å². The molecule has 1 aromatic heterocycles. The van der Waals surface area contributed by atoms with Crippen molar-refractivity contribution in [1.29, 1.82) is 0 Å². The van der Waals surface area contributed by atoms with E-state index in [1.165, 1.54) is 42.6 Å². The van der Waals surface area contributed by atoms with Crippen molar-refractivity contribution in [2.24, 2.45) is 16.6 Å². The summed E-state index contributed by atoms with van der Waals surface area (Å²) in [5, 5.41) is 21.9. The molecule has 1 aliphatic heterocycles. The van der Waals surface area contributed by atoms with Crippen LogP contribution in [0.25, 0.3) is 5.57 Å². The molecule has 0 bridgehead atoms. The first-order valence-corrected chi connectivity index (χ1v) is 12.6. The molecule has 2 heterocycles. The Morgan fingerprint density at radius 3 is 2.82 bits per heavy atom. The highest BCUT2D eigenvalue weighted by molar-refractivity contribution is 7.15. The number of aliphatic imine (C=N–C) groups is 1. The Hall–Kier alpha value is -4.15. The van der Waals surface area contributed by atoms with E-state index >= 15 is 0 Å². The maximum Gasteiger partial charge on any atom is 0.416 e. The number of anilines is 1. The molecule has 4 rings (SSSR count). The van der Waals surface area contributed by atoms with Gasteiger partial charge < -0.3 is 20.5 Å². The number of halogens is 3. The van der Waals surface area contributed by atoms with Gasteiger partial charge in [0.15, 0.2) is 5.01 Å². The lowest BCUT2D eigenvalue weighted by Gasteiger charge is -2.31. The molecular formula is C26H25F3N6O3S. The van der Waals surface area contributed by atoms with E-state index in [0.717, 1.165) is 36.3 Å². The summed E-state index contributed by atoms with van der Waals surface area (Å²) in [5.41, 5.74) is 5.39. The number of alkyl halides is 3. The van der Waals surface area contributed by atoms with Crippen LogP contribution in [0, 0.1) is 17.8 Å². The number of aliphatic hydroxyl groups is 1. The molecule has 39 heavy (non-hydrogen) atoms. The van der Waals surface area contributed by atoms with Crippen LogP contribution >= 0.6 is 11.3 Å². The Morgan fingerprint density at radius 1 is 1.38 bits per heavy atom. The minimum absolute atomic E-state index is 0.00276. The van der Waals surface area contributed by atoms with E-state index in [9.17, 15) is 23.1 Å². The summed E-state index contributed by atoms with van der Waals surface area (Å²) < 4.78 is 46.1. The number of nitrogens with zero attached hydrogens (tertiary/aromatic N) is 4. The number of nitrogens with one attached hydrogen (secondary N) is 1. The summed E-state index contributed by atoms with van der Waals surface area (Å²) in [5.74, 6) is 5.72. The third-order valence-corrected chi connectivity index (χ3v) is 6.47. The lowest BCUT2D eigenvalue weighted by atomic mass is 9.92. The van der Waals surface area contributed by atoms with Gasteiger partial charge in [0.25, 0.3) is 5.91 Å². The molecule has 1 aromatic carbocycles. The van der Waals surface area contributed by atoms with Crippen LogP contribution in [-0.4, -0.2) is 59.3 Å².